The number of benzene rings is 1. The van der Waals surface area contributed by atoms with Gasteiger partial charge in [0.2, 0.25) is 5.89 Å². The zero-order valence-corrected chi connectivity index (χ0v) is 16.6. The number of fused-ring (bicyclic) bond motifs is 1. The predicted molar refractivity (Wildman–Crippen MR) is 105 cm³/mol. The fourth-order valence-corrected chi connectivity index (χ4v) is 3.09. The van der Waals surface area contributed by atoms with Gasteiger partial charge in [-0.3, -0.25) is 9.36 Å². The van der Waals surface area contributed by atoms with E-state index in [0.717, 1.165) is 16.8 Å². The van der Waals surface area contributed by atoms with Gasteiger partial charge in [-0.05, 0) is 37.1 Å². The van der Waals surface area contributed by atoms with Crippen molar-refractivity contribution in [3.05, 3.63) is 63.9 Å². The molecule has 3 heterocycles. The van der Waals surface area contributed by atoms with E-state index in [9.17, 15) is 4.79 Å². The maximum absolute atomic E-state index is 12.9. The molecule has 144 valence electrons. The molecular weight excluding hydrogens is 356 g/mol. The highest BCUT2D eigenvalue weighted by Crippen LogP contribution is 2.19. The Morgan fingerprint density at radius 3 is 2.46 bits per heavy atom. The van der Waals surface area contributed by atoms with Crippen molar-refractivity contribution in [3.8, 4) is 5.69 Å². The van der Waals surface area contributed by atoms with Crippen LogP contribution >= 0.6 is 0 Å². The summed E-state index contributed by atoms with van der Waals surface area (Å²) >= 11 is 0. The third-order valence-corrected chi connectivity index (χ3v) is 4.45. The molecule has 1 aromatic carbocycles. The van der Waals surface area contributed by atoms with Crippen LogP contribution in [0.4, 0.5) is 0 Å². The van der Waals surface area contributed by atoms with Crippen LogP contribution in [0.25, 0.3) is 16.7 Å². The van der Waals surface area contributed by atoms with Crippen molar-refractivity contribution in [2.24, 2.45) is 0 Å². The summed E-state index contributed by atoms with van der Waals surface area (Å²) in [5.74, 6) is 0.974. The third kappa shape index (κ3) is 3.21. The van der Waals surface area contributed by atoms with Crippen LogP contribution in [-0.2, 0) is 12.0 Å². The van der Waals surface area contributed by atoms with Crippen LogP contribution in [0.1, 0.15) is 43.6 Å². The van der Waals surface area contributed by atoms with Crippen LogP contribution in [-0.4, -0.2) is 29.5 Å². The van der Waals surface area contributed by atoms with Crippen LogP contribution in [0.5, 0.6) is 0 Å². The van der Waals surface area contributed by atoms with E-state index in [4.69, 9.17) is 4.52 Å². The van der Waals surface area contributed by atoms with Gasteiger partial charge < -0.3 is 4.52 Å². The summed E-state index contributed by atoms with van der Waals surface area (Å²) in [6.07, 6.45) is 3.04. The first-order chi connectivity index (χ1) is 13.2. The molecule has 0 atom stereocenters. The summed E-state index contributed by atoms with van der Waals surface area (Å²) in [4.78, 5) is 21.7. The molecule has 0 bridgehead atoms. The molecule has 0 spiro atoms. The Balaban J connectivity index is 1.72. The predicted octanol–water partition coefficient (Wildman–Crippen LogP) is 2.93. The summed E-state index contributed by atoms with van der Waals surface area (Å²) in [7, 11) is 0. The van der Waals surface area contributed by atoms with Gasteiger partial charge in [-0.2, -0.15) is 10.1 Å². The smallest absolute Gasteiger partial charge is 0.264 e. The van der Waals surface area contributed by atoms with E-state index < -0.39 is 0 Å². The quantitative estimate of drug-likeness (QED) is 0.544. The first kappa shape index (κ1) is 18.1. The highest BCUT2D eigenvalue weighted by molar-refractivity contribution is 5.75. The van der Waals surface area contributed by atoms with E-state index >= 15 is 0 Å². The highest BCUT2D eigenvalue weighted by atomic mass is 16.5. The van der Waals surface area contributed by atoms with Crippen LogP contribution in [0.15, 0.2) is 40.0 Å². The molecule has 28 heavy (non-hydrogen) atoms. The molecule has 0 saturated heterocycles. The number of nitrogens with zero attached hydrogens (tertiary/aromatic N) is 6. The highest BCUT2D eigenvalue weighted by Gasteiger charge is 2.21. The molecular formula is C20H22N6O2. The lowest BCUT2D eigenvalue weighted by Gasteiger charge is -2.10. The summed E-state index contributed by atoms with van der Waals surface area (Å²) in [5, 5.41) is 8.82. The average molecular weight is 378 g/mol. The SMILES string of the molecule is Cc1cc(C)cc(-n2ncc3c(=O)n(Cc4nc(C(C)(C)C)no4)cnc32)c1. The van der Waals surface area contributed by atoms with Gasteiger partial charge in [-0.15, -0.1) is 0 Å². The molecule has 0 aliphatic rings. The molecule has 0 aliphatic heterocycles. The lowest BCUT2D eigenvalue weighted by atomic mass is 9.96. The van der Waals surface area contributed by atoms with Crippen LogP contribution in [0.2, 0.25) is 0 Å². The minimum atomic E-state index is -0.220. The molecule has 0 fully saturated rings. The van der Waals surface area contributed by atoms with E-state index in [-0.39, 0.29) is 17.5 Å². The van der Waals surface area contributed by atoms with Gasteiger partial charge in [0.15, 0.2) is 11.5 Å². The number of rotatable bonds is 3. The number of hydrogen-bond donors (Lipinski definition) is 0. The lowest BCUT2D eigenvalue weighted by Crippen LogP contribution is -2.21. The maximum Gasteiger partial charge on any atom is 0.264 e. The van der Waals surface area contributed by atoms with Crippen LogP contribution in [0, 0.1) is 13.8 Å². The van der Waals surface area contributed by atoms with E-state index in [2.05, 4.69) is 26.3 Å². The van der Waals surface area contributed by atoms with Crippen molar-refractivity contribution in [1.82, 2.24) is 29.5 Å². The van der Waals surface area contributed by atoms with E-state index in [1.807, 2.05) is 46.8 Å². The van der Waals surface area contributed by atoms with Gasteiger partial charge >= 0.3 is 0 Å². The molecule has 3 aromatic heterocycles. The zero-order valence-electron chi connectivity index (χ0n) is 16.6. The Kier molecular flexibility index (Phi) is 4.14. The van der Waals surface area contributed by atoms with Gasteiger partial charge in [-0.25, -0.2) is 9.67 Å². The van der Waals surface area contributed by atoms with E-state index in [1.54, 1.807) is 10.9 Å². The van der Waals surface area contributed by atoms with Crippen molar-refractivity contribution in [1.29, 1.82) is 0 Å². The molecule has 0 saturated carbocycles. The molecule has 8 heteroatoms. The number of hydrogen-bond acceptors (Lipinski definition) is 6. The molecule has 8 nitrogen and oxygen atoms in total. The fourth-order valence-electron chi connectivity index (χ4n) is 3.09. The normalized spacial score (nSPS) is 12.0. The molecule has 0 unspecified atom stereocenters. The third-order valence-electron chi connectivity index (χ3n) is 4.45. The first-order valence-electron chi connectivity index (χ1n) is 9.07. The minimum Gasteiger partial charge on any atom is -0.337 e. The average Bonchev–Trinajstić information content (AvgIpc) is 3.23. The second-order valence-electron chi connectivity index (χ2n) is 8.08. The standard InChI is InChI=1S/C20H22N6O2/c1-12-6-13(2)8-14(7-12)26-17-15(9-22-26)18(27)25(11-21-17)10-16-23-19(24-28-16)20(3,4)5/h6-9,11H,10H2,1-5H3. The van der Waals surface area contributed by atoms with Gasteiger partial charge in [0.05, 0.1) is 11.9 Å². The van der Waals surface area contributed by atoms with Gasteiger partial charge in [0.25, 0.3) is 5.56 Å². The summed E-state index contributed by atoms with van der Waals surface area (Å²) in [5.41, 5.74) is 3.23. The van der Waals surface area contributed by atoms with Gasteiger partial charge in [0, 0.05) is 5.41 Å². The summed E-state index contributed by atoms with van der Waals surface area (Å²) < 4.78 is 8.43. The minimum absolute atomic E-state index is 0.166. The first-order valence-corrected chi connectivity index (χ1v) is 9.07. The largest absolute Gasteiger partial charge is 0.337 e. The second-order valence-corrected chi connectivity index (χ2v) is 8.08. The Morgan fingerprint density at radius 2 is 1.82 bits per heavy atom. The maximum atomic E-state index is 12.9. The molecule has 0 N–H and O–H groups in total. The molecule has 0 radical (unpaired) electrons. The Labute approximate surface area is 161 Å². The van der Waals surface area contributed by atoms with Crippen molar-refractivity contribution in [2.75, 3.05) is 0 Å². The fraction of sp³-hybridized carbons (Fsp3) is 0.350. The Hall–Kier alpha value is -3.29. The second kappa shape index (κ2) is 6.40. The van der Waals surface area contributed by atoms with Crippen molar-refractivity contribution >= 4 is 11.0 Å². The molecule has 0 aliphatic carbocycles. The Bertz CT molecular complexity index is 1210. The Morgan fingerprint density at radius 1 is 1.11 bits per heavy atom. The van der Waals surface area contributed by atoms with Gasteiger partial charge in [-0.1, -0.05) is 32.0 Å². The van der Waals surface area contributed by atoms with Crippen molar-refractivity contribution in [3.63, 3.8) is 0 Å². The van der Waals surface area contributed by atoms with Crippen molar-refractivity contribution in [2.45, 2.75) is 46.6 Å². The van der Waals surface area contributed by atoms with E-state index in [1.165, 1.54) is 10.9 Å². The van der Waals surface area contributed by atoms with Crippen molar-refractivity contribution < 1.29 is 4.52 Å². The molecule has 0 amide bonds. The van der Waals surface area contributed by atoms with Gasteiger partial charge in [0.1, 0.15) is 18.3 Å². The van der Waals surface area contributed by atoms with Crippen LogP contribution < -0.4 is 5.56 Å². The molecule has 4 rings (SSSR count). The number of aromatic nitrogens is 6. The monoisotopic (exact) mass is 378 g/mol. The molecule has 4 aromatic rings. The number of aryl methyl sites for hydroxylation is 2. The summed E-state index contributed by atoms with van der Waals surface area (Å²) in [6, 6.07) is 6.12. The lowest BCUT2D eigenvalue weighted by molar-refractivity contribution is 0.356. The topological polar surface area (TPSA) is 91.6 Å². The summed E-state index contributed by atoms with van der Waals surface area (Å²) in [6.45, 7) is 10.2. The van der Waals surface area contributed by atoms with E-state index in [0.29, 0.717) is 22.7 Å². The zero-order chi connectivity index (χ0) is 20.1. The van der Waals surface area contributed by atoms with Crippen LogP contribution in [0.3, 0.4) is 0 Å².